The summed E-state index contributed by atoms with van der Waals surface area (Å²) in [6.45, 7) is 2.99. The number of aliphatic hydroxyl groups is 1. The van der Waals surface area contributed by atoms with E-state index in [0.29, 0.717) is 0 Å². The summed E-state index contributed by atoms with van der Waals surface area (Å²) in [5, 5.41) is 13.2. The molecule has 0 amide bonds. The van der Waals surface area contributed by atoms with Crippen LogP contribution in [-0.2, 0) is 6.42 Å². The topological polar surface area (TPSA) is 32.3 Å². The van der Waals surface area contributed by atoms with Crippen molar-refractivity contribution in [3.63, 3.8) is 0 Å². The van der Waals surface area contributed by atoms with E-state index in [0.717, 1.165) is 19.4 Å². The lowest BCUT2D eigenvalue weighted by Crippen LogP contribution is -2.37. The average Bonchev–Trinajstić information content (AvgIpc) is 2.27. The third-order valence-corrected chi connectivity index (χ3v) is 2.95. The molecule has 1 aliphatic heterocycles. The molecule has 0 unspecified atom stereocenters. The molecule has 0 fully saturated rings. The lowest BCUT2D eigenvalue weighted by atomic mass is 9.90. The molecule has 2 rings (SSSR count). The molecular weight excluding hydrogens is 174 g/mol. The second-order valence-corrected chi connectivity index (χ2v) is 3.86. The van der Waals surface area contributed by atoms with Crippen LogP contribution in [0.5, 0.6) is 0 Å². The van der Waals surface area contributed by atoms with Crippen LogP contribution >= 0.6 is 0 Å². The fourth-order valence-electron chi connectivity index (χ4n) is 2.12. The van der Waals surface area contributed by atoms with Crippen LogP contribution in [0, 0.1) is 0 Å². The number of aliphatic hydroxyl groups excluding tert-OH is 1. The molecular formula is C12H17NO. The van der Waals surface area contributed by atoms with E-state index in [1.807, 2.05) is 13.0 Å². The van der Waals surface area contributed by atoms with Gasteiger partial charge in [-0.05, 0) is 30.5 Å². The molecule has 0 saturated heterocycles. The summed E-state index contributed by atoms with van der Waals surface area (Å²) in [6.07, 6.45) is 1.60. The monoisotopic (exact) mass is 191 g/mol. The molecule has 1 heterocycles. The number of nitrogens with one attached hydrogen (secondary N) is 1. The van der Waals surface area contributed by atoms with Crippen LogP contribution in [0.15, 0.2) is 24.3 Å². The summed E-state index contributed by atoms with van der Waals surface area (Å²) in [5.41, 5.74) is 2.65. The SMILES string of the molecule is CC[C@@H](O)[C@H]1NCCc2ccccc21. The number of benzene rings is 1. The van der Waals surface area contributed by atoms with E-state index in [4.69, 9.17) is 0 Å². The van der Waals surface area contributed by atoms with Crippen molar-refractivity contribution in [1.82, 2.24) is 5.32 Å². The van der Waals surface area contributed by atoms with Crippen LogP contribution in [-0.4, -0.2) is 17.8 Å². The van der Waals surface area contributed by atoms with Crippen molar-refractivity contribution < 1.29 is 5.11 Å². The van der Waals surface area contributed by atoms with Crippen molar-refractivity contribution in [3.8, 4) is 0 Å². The van der Waals surface area contributed by atoms with E-state index in [1.54, 1.807) is 0 Å². The van der Waals surface area contributed by atoms with E-state index in [1.165, 1.54) is 11.1 Å². The zero-order valence-corrected chi connectivity index (χ0v) is 8.53. The summed E-state index contributed by atoms with van der Waals surface area (Å²) in [5.74, 6) is 0. The molecule has 2 atom stereocenters. The van der Waals surface area contributed by atoms with Crippen LogP contribution < -0.4 is 5.32 Å². The van der Waals surface area contributed by atoms with Gasteiger partial charge >= 0.3 is 0 Å². The van der Waals surface area contributed by atoms with Crippen molar-refractivity contribution >= 4 is 0 Å². The number of fused-ring (bicyclic) bond motifs is 1. The van der Waals surface area contributed by atoms with Crippen LogP contribution in [0.25, 0.3) is 0 Å². The molecule has 76 valence electrons. The standard InChI is InChI=1S/C12H17NO/c1-2-11(14)12-10-6-4-3-5-9(10)7-8-13-12/h3-6,11-14H,2,7-8H2,1H3/t11-,12+/m1/s1. The molecule has 0 spiro atoms. The molecule has 1 aliphatic rings. The van der Waals surface area contributed by atoms with Crippen molar-refractivity contribution in [1.29, 1.82) is 0 Å². The van der Waals surface area contributed by atoms with Gasteiger partial charge in [-0.2, -0.15) is 0 Å². The van der Waals surface area contributed by atoms with Crippen molar-refractivity contribution in [3.05, 3.63) is 35.4 Å². The highest BCUT2D eigenvalue weighted by molar-refractivity contribution is 5.33. The Hall–Kier alpha value is -0.860. The number of rotatable bonds is 2. The molecule has 14 heavy (non-hydrogen) atoms. The highest BCUT2D eigenvalue weighted by Crippen LogP contribution is 2.26. The number of hydrogen-bond donors (Lipinski definition) is 2. The first-order valence-electron chi connectivity index (χ1n) is 5.32. The predicted molar refractivity (Wildman–Crippen MR) is 57.2 cm³/mol. The van der Waals surface area contributed by atoms with Crippen LogP contribution in [0.3, 0.4) is 0 Å². The zero-order chi connectivity index (χ0) is 9.97. The minimum atomic E-state index is -0.267. The first-order chi connectivity index (χ1) is 6.83. The van der Waals surface area contributed by atoms with E-state index in [-0.39, 0.29) is 12.1 Å². The number of hydrogen-bond acceptors (Lipinski definition) is 2. The maximum Gasteiger partial charge on any atom is 0.0732 e. The maximum atomic E-state index is 9.87. The molecule has 2 N–H and O–H groups in total. The summed E-state index contributed by atoms with van der Waals surface area (Å²) < 4.78 is 0. The molecule has 2 nitrogen and oxygen atoms in total. The summed E-state index contributed by atoms with van der Waals surface area (Å²) in [7, 11) is 0. The third kappa shape index (κ3) is 1.68. The van der Waals surface area contributed by atoms with Gasteiger partial charge in [0.1, 0.15) is 0 Å². The molecule has 1 aromatic carbocycles. The quantitative estimate of drug-likeness (QED) is 0.745. The third-order valence-electron chi connectivity index (χ3n) is 2.95. The Bertz CT molecular complexity index is 311. The van der Waals surface area contributed by atoms with Crippen LogP contribution in [0.4, 0.5) is 0 Å². The minimum absolute atomic E-state index is 0.130. The molecule has 0 aromatic heterocycles. The van der Waals surface area contributed by atoms with Crippen LogP contribution in [0.2, 0.25) is 0 Å². The van der Waals surface area contributed by atoms with Crippen LogP contribution in [0.1, 0.15) is 30.5 Å². The average molecular weight is 191 g/mol. The zero-order valence-electron chi connectivity index (χ0n) is 8.53. The molecule has 2 heteroatoms. The molecule has 0 aliphatic carbocycles. The second-order valence-electron chi connectivity index (χ2n) is 3.86. The van der Waals surface area contributed by atoms with E-state index < -0.39 is 0 Å². The molecule has 0 saturated carbocycles. The highest BCUT2D eigenvalue weighted by atomic mass is 16.3. The van der Waals surface area contributed by atoms with Gasteiger partial charge in [-0.1, -0.05) is 31.2 Å². The lowest BCUT2D eigenvalue weighted by Gasteiger charge is -2.30. The molecule has 1 aromatic rings. The van der Waals surface area contributed by atoms with Gasteiger partial charge in [0.25, 0.3) is 0 Å². The first-order valence-corrected chi connectivity index (χ1v) is 5.32. The second kappa shape index (κ2) is 4.11. The van der Waals surface area contributed by atoms with E-state index in [2.05, 4.69) is 23.5 Å². The maximum absolute atomic E-state index is 9.87. The van der Waals surface area contributed by atoms with Crippen molar-refractivity contribution in [2.75, 3.05) is 6.54 Å². The van der Waals surface area contributed by atoms with Gasteiger partial charge in [0, 0.05) is 0 Å². The Labute approximate surface area is 85.0 Å². The van der Waals surface area contributed by atoms with Gasteiger partial charge in [-0.25, -0.2) is 0 Å². The van der Waals surface area contributed by atoms with Gasteiger partial charge < -0.3 is 10.4 Å². The minimum Gasteiger partial charge on any atom is -0.391 e. The Kier molecular flexibility index (Phi) is 2.85. The van der Waals surface area contributed by atoms with E-state index in [9.17, 15) is 5.11 Å². The van der Waals surface area contributed by atoms with Crippen molar-refractivity contribution in [2.24, 2.45) is 0 Å². The van der Waals surface area contributed by atoms with E-state index >= 15 is 0 Å². The molecule has 0 radical (unpaired) electrons. The highest BCUT2D eigenvalue weighted by Gasteiger charge is 2.24. The Morgan fingerprint density at radius 3 is 3.07 bits per heavy atom. The van der Waals surface area contributed by atoms with Crippen molar-refractivity contribution in [2.45, 2.75) is 31.9 Å². The van der Waals surface area contributed by atoms with Gasteiger partial charge in [0.15, 0.2) is 0 Å². The van der Waals surface area contributed by atoms with Gasteiger partial charge in [-0.15, -0.1) is 0 Å². The fraction of sp³-hybridized carbons (Fsp3) is 0.500. The smallest absolute Gasteiger partial charge is 0.0732 e. The molecule has 0 bridgehead atoms. The summed E-state index contributed by atoms with van der Waals surface area (Å²) >= 11 is 0. The van der Waals surface area contributed by atoms with Gasteiger partial charge in [-0.3, -0.25) is 0 Å². The Morgan fingerprint density at radius 2 is 2.29 bits per heavy atom. The largest absolute Gasteiger partial charge is 0.391 e. The lowest BCUT2D eigenvalue weighted by molar-refractivity contribution is 0.120. The Morgan fingerprint density at radius 1 is 1.50 bits per heavy atom. The van der Waals surface area contributed by atoms with Gasteiger partial charge in [0.2, 0.25) is 0 Å². The Balaban J connectivity index is 2.30. The summed E-state index contributed by atoms with van der Waals surface area (Å²) in [4.78, 5) is 0. The normalized spacial score (nSPS) is 22.9. The fourth-order valence-corrected chi connectivity index (χ4v) is 2.12. The summed E-state index contributed by atoms with van der Waals surface area (Å²) in [6, 6.07) is 8.52. The van der Waals surface area contributed by atoms with Gasteiger partial charge in [0.05, 0.1) is 12.1 Å². The predicted octanol–water partition coefficient (Wildman–Crippen LogP) is 1.64. The first kappa shape index (κ1) is 9.69.